The van der Waals surface area contributed by atoms with Crippen LogP contribution in [0.4, 0.5) is 5.69 Å². The Hall–Kier alpha value is -1.60. The lowest BCUT2D eigenvalue weighted by Gasteiger charge is -2.22. The van der Waals surface area contributed by atoms with E-state index in [2.05, 4.69) is 10.0 Å². The van der Waals surface area contributed by atoms with Gasteiger partial charge in [0.05, 0.1) is 11.2 Å². The number of nitrogens with one attached hydrogen (secondary N) is 2. The number of amides is 1. The van der Waals surface area contributed by atoms with E-state index >= 15 is 0 Å². The van der Waals surface area contributed by atoms with E-state index in [0.29, 0.717) is 11.3 Å². The maximum absolute atomic E-state index is 12.0. The van der Waals surface area contributed by atoms with E-state index in [-0.39, 0.29) is 18.2 Å². The van der Waals surface area contributed by atoms with Crippen molar-refractivity contribution in [1.29, 1.82) is 0 Å². The fourth-order valence-electron chi connectivity index (χ4n) is 1.59. The van der Waals surface area contributed by atoms with Gasteiger partial charge in [-0.05, 0) is 31.5 Å². The minimum Gasteiger partial charge on any atom is -0.399 e. The summed E-state index contributed by atoms with van der Waals surface area (Å²) in [6.45, 7) is 3.40. The summed E-state index contributed by atoms with van der Waals surface area (Å²) in [6, 6.07) is 6.63. The van der Waals surface area contributed by atoms with Crippen molar-refractivity contribution in [3.05, 3.63) is 29.8 Å². The van der Waals surface area contributed by atoms with E-state index in [1.165, 1.54) is 7.05 Å². The first-order valence-electron chi connectivity index (χ1n) is 6.20. The largest absolute Gasteiger partial charge is 0.399 e. The highest BCUT2D eigenvalue weighted by Crippen LogP contribution is 2.15. The van der Waals surface area contributed by atoms with Crippen molar-refractivity contribution >= 4 is 21.6 Å². The monoisotopic (exact) mass is 299 g/mol. The summed E-state index contributed by atoms with van der Waals surface area (Å²) in [5.74, 6) is -0.357. The van der Waals surface area contributed by atoms with Crippen molar-refractivity contribution in [3.8, 4) is 0 Å². The smallest absolute Gasteiger partial charge is 0.226 e. The molecule has 0 aromatic heterocycles. The second kappa shape index (κ2) is 6.23. The van der Waals surface area contributed by atoms with Gasteiger partial charge in [-0.25, -0.2) is 13.1 Å². The first-order chi connectivity index (χ1) is 9.16. The molecule has 0 saturated heterocycles. The number of sulfonamides is 1. The highest BCUT2D eigenvalue weighted by atomic mass is 32.2. The molecule has 0 bridgehead atoms. The van der Waals surface area contributed by atoms with Crippen LogP contribution in [-0.4, -0.2) is 27.9 Å². The molecule has 0 saturated carbocycles. The molecule has 20 heavy (non-hydrogen) atoms. The Bertz CT molecular complexity index is 565. The van der Waals surface area contributed by atoms with Gasteiger partial charge in [-0.2, -0.15) is 0 Å². The molecular formula is C13H21N3O3S. The van der Waals surface area contributed by atoms with E-state index < -0.39 is 15.4 Å². The minimum absolute atomic E-state index is 0.0456. The van der Waals surface area contributed by atoms with Crippen LogP contribution in [-0.2, 0) is 20.6 Å². The highest BCUT2D eigenvalue weighted by Gasteiger charge is 2.28. The number of hydrogen-bond acceptors (Lipinski definition) is 4. The Kier molecular flexibility index (Phi) is 5.13. The molecule has 0 fully saturated rings. The molecule has 1 rings (SSSR count). The Morgan fingerprint density at radius 1 is 1.25 bits per heavy atom. The topological polar surface area (TPSA) is 101 Å². The second-order valence-corrected chi connectivity index (χ2v) is 7.09. The summed E-state index contributed by atoms with van der Waals surface area (Å²) in [5, 5.41) is 2.51. The summed E-state index contributed by atoms with van der Waals surface area (Å²) >= 11 is 0. The standard InChI is InChI=1S/C13H21N3O3S/c1-13(2,12(17)15-3)9-16-20(18,19)8-10-4-6-11(14)7-5-10/h4-7,16H,8-9,14H2,1-3H3,(H,15,17). The van der Waals surface area contributed by atoms with E-state index in [1.807, 2.05) is 0 Å². The van der Waals surface area contributed by atoms with E-state index in [1.54, 1.807) is 38.1 Å². The Morgan fingerprint density at radius 2 is 1.80 bits per heavy atom. The molecule has 0 heterocycles. The molecule has 1 aromatic carbocycles. The SMILES string of the molecule is CNC(=O)C(C)(C)CNS(=O)(=O)Cc1ccc(N)cc1. The molecular weight excluding hydrogens is 278 g/mol. The van der Waals surface area contributed by atoms with Gasteiger partial charge in [0.1, 0.15) is 0 Å². The van der Waals surface area contributed by atoms with E-state index in [4.69, 9.17) is 5.73 Å². The van der Waals surface area contributed by atoms with Crippen molar-refractivity contribution in [2.24, 2.45) is 5.41 Å². The summed E-state index contributed by atoms with van der Waals surface area (Å²) in [4.78, 5) is 11.6. The van der Waals surface area contributed by atoms with Gasteiger partial charge in [0, 0.05) is 19.3 Å². The number of carbonyl (C=O) groups excluding carboxylic acids is 1. The number of rotatable bonds is 6. The third-order valence-electron chi connectivity index (χ3n) is 2.91. The van der Waals surface area contributed by atoms with Crippen LogP contribution in [0.2, 0.25) is 0 Å². The molecule has 0 atom stereocenters. The summed E-state index contributed by atoms with van der Waals surface area (Å²) in [7, 11) is -1.97. The van der Waals surface area contributed by atoms with Gasteiger partial charge in [-0.1, -0.05) is 12.1 Å². The molecule has 0 aliphatic rings. The molecule has 112 valence electrons. The fraction of sp³-hybridized carbons (Fsp3) is 0.462. The van der Waals surface area contributed by atoms with Crippen molar-refractivity contribution in [3.63, 3.8) is 0 Å². The van der Waals surface area contributed by atoms with Gasteiger partial charge < -0.3 is 11.1 Å². The first kappa shape index (κ1) is 16.5. The van der Waals surface area contributed by atoms with Crippen molar-refractivity contribution in [2.45, 2.75) is 19.6 Å². The molecule has 1 amide bonds. The lowest BCUT2D eigenvalue weighted by Crippen LogP contribution is -2.43. The number of nitrogen functional groups attached to an aromatic ring is 1. The van der Waals surface area contributed by atoms with Crippen molar-refractivity contribution < 1.29 is 13.2 Å². The molecule has 0 spiro atoms. The minimum atomic E-state index is -3.49. The third kappa shape index (κ3) is 4.82. The fourth-order valence-corrected chi connectivity index (χ4v) is 2.91. The van der Waals surface area contributed by atoms with Crippen LogP contribution in [0, 0.1) is 5.41 Å². The lowest BCUT2D eigenvalue weighted by molar-refractivity contribution is -0.128. The number of carbonyl (C=O) groups is 1. The lowest BCUT2D eigenvalue weighted by atomic mass is 9.93. The average molecular weight is 299 g/mol. The Balaban J connectivity index is 2.67. The molecule has 0 aliphatic heterocycles. The van der Waals surface area contributed by atoms with Gasteiger partial charge in [-0.15, -0.1) is 0 Å². The zero-order valence-electron chi connectivity index (χ0n) is 11.9. The molecule has 0 aliphatic carbocycles. The van der Waals surface area contributed by atoms with Gasteiger partial charge in [0.25, 0.3) is 0 Å². The Labute approximate surface area is 119 Å². The molecule has 0 unspecified atom stereocenters. The second-order valence-electron chi connectivity index (χ2n) is 5.28. The van der Waals surface area contributed by atoms with Crippen LogP contribution in [0.3, 0.4) is 0 Å². The number of nitrogens with two attached hydrogens (primary N) is 1. The van der Waals surface area contributed by atoms with E-state index in [0.717, 1.165) is 0 Å². The Morgan fingerprint density at radius 3 is 2.30 bits per heavy atom. The highest BCUT2D eigenvalue weighted by molar-refractivity contribution is 7.88. The number of benzene rings is 1. The maximum Gasteiger partial charge on any atom is 0.226 e. The van der Waals surface area contributed by atoms with Gasteiger partial charge >= 0.3 is 0 Å². The summed E-state index contributed by atoms with van der Waals surface area (Å²) in [6.07, 6.45) is 0. The van der Waals surface area contributed by atoms with Crippen LogP contribution in [0.1, 0.15) is 19.4 Å². The van der Waals surface area contributed by atoms with Crippen LogP contribution < -0.4 is 15.8 Å². The van der Waals surface area contributed by atoms with Crippen molar-refractivity contribution in [1.82, 2.24) is 10.0 Å². The molecule has 0 radical (unpaired) electrons. The van der Waals surface area contributed by atoms with E-state index in [9.17, 15) is 13.2 Å². The normalized spacial score (nSPS) is 12.2. The summed E-state index contributed by atoms with van der Waals surface area (Å²) in [5.41, 5.74) is 5.97. The zero-order chi connectivity index (χ0) is 15.4. The summed E-state index contributed by atoms with van der Waals surface area (Å²) < 4.78 is 26.4. The quantitative estimate of drug-likeness (QED) is 0.664. The predicted molar refractivity (Wildman–Crippen MR) is 79.3 cm³/mol. The van der Waals surface area contributed by atoms with Crippen LogP contribution >= 0.6 is 0 Å². The number of hydrogen-bond donors (Lipinski definition) is 3. The first-order valence-corrected chi connectivity index (χ1v) is 7.85. The van der Waals surface area contributed by atoms with Gasteiger partial charge in [-0.3, -0.25) is 4.79 Å². The van der Waals surface area contributed by atoms with Crippen molar-refractivity contribution in [2.75, 3.05) is 19.3 Å². The van der Waals surface area contributed by atoms with Crippen LogP contribution in [0.25, 0.3) is 0 Å². The van der Waals surface area contributed by atoms with Crippen LogP contribution in [0.5, 0.6) is 0 Å². The van der Waals surface area contributed by atoms with Crippen LogP contribution in [0.15, 0.2) is 24.3 Å². The molecule has 6 nitrogen and oxygen atoms in total. The third-order valence-corrected chi connectivity index (χ3v) is 4.21. The van der Waals surface area contributed by atoms with Gasteiger partial charge in [0.2, 0.25) is 15.9 Å². The maximum atomic E-state index is 12.0. The molecule has 4 N–H and O–H groups in total. The number of anilines is 1. The van der Waals surface area contributed by atoms with Gasteiger partial charge in [0.15, 0.2) is 0 Å². The zero-order valence-corrected chi connectivity index (χ0v) is 12.8. The average Bonchev–Trinajstić information content (AvgIpc) is 2.38. The molecule has 1 aromatic rings. The molecule has 7 heteroatoms. The predicted octanol–water partition coefficient (Wildman–Crippen LogP) is 0.460.